The number of nitrogens with zero attached hydrogens (tertiary/aromatic N) is 1. The average Bonchev–Trinajstić information content (AvgIpc) is 2.45. The highest BCUT2D eigenvalue weighted by molar-refractivity contribution is 5.73. The Morgan fingerprint density at radius 2 is 2.11 bits per heavy atom. The van der Waals surface area contributed by atoms with Gasteiger partial charge in [-0.15, -0.1) is 0 Å². The van der Waals surface area contributed by atoms with Gasteiger partial charge in [0.05, 0.1) is 18.9 Å². The van der Waals surface area contributed by atoms with E-state index in [9.17, 15) is 4.79 Å². The fraction of sp³-hybridized carbons (Fsp3) is 0.500. The monoisotopic (exact) mass is 265 g/mol. The molecular weight excluding hydrogens is 246 g/mol. The largest absolute Gasteiger partial charge is 0.479 e. The van der Waals surface area contributed by atoms with Crippen molar-refractivity contribution in [2.24, 2.45) is 0 Å². The normalized spacial score (nSPS) is 17.0. The molecule has 1 atom stereocenters. The number of benzene rings is 1. The summed E-state index contributed by atoms with van der Waals surface area (Å²) >= 11 is 0. The number of morpholine rings is 1. The van der Waals surface area contributed by atoms with Crippen molar-refractivity contribution in [2.45, 2.75) is 19.4 Å². The molecule has 0 aromatic heterocycles. The second-order valence-electron chi connectivity index (χ2n) is 4.42. The van der Waals surface area contributed by atoms with Crippen LogP contribution in [0.2, 0.25) is 0 Å². The summed E-state index contributed by atoms with van der Waals surface area (Å²) in [6.45, 7) is 4.76. The SMILES string of the molecule is CCC(Oc1ccccc1N1CCOCC1)C(=O)O. The zero-order valence-electron chi connectivity index (χ0n) is 11.0. The molecule has 1 saturated heterocycles. The zero-order chi connectivity index (χ0) is 13.7. The molecule has 1 aliphatic rings. The van der Waals surface area contributed by atoms with Gasteiger partial charge in [-0.2, -0.15) is 0 Å². The van der Waals surface area contributed by atoms with E-state index in [1.54, 1.807) is 6.92 Å². The van der Waals surface area contributed by atoms with Gasteiger partial charge in [-0.3, -0.25) is 0 Å². The van der Waals surface area contributed by atoms with E-state index >= 15 is 0 Å². The standard InChI is InChI=1S/C14H19NO4/c1-2-12(14(16)17)19-13-6-4-3-5-11(13)15-7-9-18-10-8-15/h3-6,12H,2,7-10H2,1H3,(H,16,17). The molecule has 1 aromatic rings. The summed E-state index contributed by atoms with van der Waals surface area (Å²) in [5, 5.41) is 9.08. The molecule has 104 valence electrons. The van der Waals surface area contributed by atoms with Crippen molar-refractivity contribution in [3.63, 3.8) is 0 Å². The summed E-state index contributed by atoms with van der Waals surface area (Å²) in [5.41, 5.74) is 0.936. The van der Waals surface area contributed by atoms with Gasteiger partial charge in [-0.1, -0.05) is 19.1 Å². The molecule has 0 amide bonds. The summed E-state index contributed by atoms with van der Waals surface area (Å²) in [7, 11) is 0. The predicted octanol–water partition coefficient (Wildman–Crippen LogP) is 1.77. The third kappa shape index (κ3) is 3.38. The summed E-state index contributed by atoms with van der Waals surface area (Å²) in [6, 6.07) is 7.55. The van der Waals surface area contributed by atoms with E-state index in [1.807, 2.05) is 24.3 Å². The molecule has 0 bridgehead atoms. The molecule has 5 heteroatoms. The molecule has 1 unspecified atom stereocenters. The van der Waals surface area contributed by atoms with E-state index in [2.05, 4.69) is 4.90 Å². The van der Waals surface area contributed by atoms with Crippen LogP contribution in [0.4, 0.5) is 5.69 Å². The number of anilines is 1. The molecule has 5 nitrogen and oxygen atoms in total. The molecule has 19 heavy (non-hydrogen) atoms. The van der Waals surface area contributed by atoms with Gasteiger partial charge in [0.1, 0.15) is 5.75 Å². The topological polar surface area (TPSA) is 59.0 Å². The van der Waals surface area contributed by atoms with Crippen LogP contribution in [-0.2, 0) is 9.53 Å². The molecular formula is C14H19NO4. The second kappa shape index (κ2) is 6.43. The Morgan fingerprint density at radius 1 is 1.42 bits per heavy atom. The minimum Gasteiger partial charge on any atom is -0.479 e. The van der Waals surface area contributed by atoms with Crippen LogP contribution in [-0.4, -0.2) is 43.5 Å². The Labute approximate surface area is 112 Å². The van der Waals surface area contributed by atoms with Gasteiger partial charge in [0.25, 0.3) is 0 Å². The highest BCUT2D eigenvalue weighted by Gasteiger charge is 2.21. The first-order valence-corrected chi connectivity index (χ1v) is 6.53. The first-order valence-electron chi connectivity index (χ1n) is 6.53. The van der Waals surface area contributed by atoms with Crippen molar-refractivity contribution in [1.82, 2.24) is 0 Å². The van der Waals surface area contributed by atoms with Crippen LogP contribution in [0.1, 0.15) is 13.3 Å². The van der Waals surface area contributed by atoms with Crippen LogP contribution in [0.3, 0.4) is 0 Å². The van der Waals surface area contributed by atoms with E-state index in [1.165, 1.54) is 0 Å². The van der Waals surface area contributed by atoms with Crippen LogP contribution in [0, 0.1) is 0 Å². The van der Waals surface area contributed by atoms with E-state index in [4.69, 9.17) is 14.6 Å². The highest BCUT2D eigenvalue weighted by Crippen LogP contribution is 2.29. The van der Waals surface area contributed by atoms with E-state index in [0.717, 1.165) is 18.8 Å². The van der Waals surface area contributed by atoms with Crippen molar-refractivity contribution in [3.8, 4) is 5.75 Å². The lowest BCUT2D eigenvalue weighted by atomic mass is 10.2. The number of carboxylic acids is 1. The third-order valence-electron chi connectivity index (χ3n) is 3.13. The van der Waals surface area contributed by atoms with Gasteiger partial charge < -0.3 is 19.5 Å². The number of aliphatic carboxylic acids is 1. The number of carboxylic acid groups (broad SMARTS) is 1. The summed E-state index contributed by atoms with van der Waals surface area (Å²) in [4.78, 5) is 13.2. The molecule has 1 aromatic carbocycles. The number of carbonyl (C=O) groups is 1. The van der Waals surface area contributed by atoms with Gasteiger partial charge >= 0.3 is 5.97 Å². The molecule has 0 spiro atoms. The first-order chi connectivity index (χ1) is 9.22. The Hall–Kier alpha value is -1.75. The Morgan fingerprint density at radius 3 is 2.74 bits per heavy atom. The maximum absolute atomic E-state index is 11.1. The third-order valence-corrected chi connectivity index (χ3v) is 3.13. The van der Waals surface area contributed by atoms with Crippen molar-refractivity contribution in [3.05, 3.63) is 24.3 Å². The minimum absolute atomic E-state index is 0.437. The number of hydrogen-bond donors (Lipinski definition) is 1. The summed E-state index contributed by atoms with van der Waals surface area (Å²) in [5.74, 6) is -0.307. The van der Waals surface area contributed by atoms with Crippen LogP contribution in [0.15, 0.2) is 24.3 Å². The number of para-hydroxylation sites is 2. The quantitative estimate of drug-likeness (QED) is 0.879. The molecule has 1 N–H and O–H groups in total. The summed E-state index contributed by atoms with van der Waals surface area (Å²) in [6.07, 6.45) is -0.366. The van der Waals surface area contributed by atoms with Gasteiger partial charge in [0.15, 0.2) is 6.10 Å². The number of ether oxygens (including phenoxy) is 2. The van der Waals surface area contributed by atoms with Crippen LogP contribution >= 0.6 is 0 Å². The highest BCUT2D eigenvalue weighted by atomic mass is 16.5. The average molecular weight is 265 g/mol. The lowest BCUT2D eigenvalue weighted by Crippen LogP contribution is -2.37. The van der Waals surface area contributed by atoms with Crippen molar-refractivity contribution < 1.29 is 19.4 Å². The molecule has 1 fully saturated rings. The summed E-state index contributed by atoms with van der Waals surface area (Å²) < 4.78 is 11.0. The molecule has 1 aliphatic heterocycles. The van der Waals surface area contributed by atoms with Gasteiger partial charge in [-0.05, 0) is 18.6 Å². The molecule has 1 heterocycles. The van der Waals surface area contributed by atoms with E-state index in [-0.39, 0.29) is 0 Å². The van der Waals surface area contributed by atoms with Gasteiger partial charge in [-0.25, -0.2) is 4.79 Å². The zero-order valence-corrected chi connectivity index (χ0v) is 11.0. The van der Waals surface area contributed by atoms with E-state index in [0.29, 0.717) is 25.4 Å². The van der Waals surface area contributed by atoms with Gasteiger partial charge in [0.2, 0.25) is 0 Å². The first kappa shape index (κ1) is 13.7. The number of rotatable bonds is 5. The minimum atomic E-state index is -0.931. The Balaban J connectivity index is 2.17. The second-order valence-corrected chi connectivity index (χ2v) is 4.42. The number of hydrogen-bond acceptors (Lipinski definition) is 4. The fourth-order valence-corrected chi connectivity index (χ4v) is 2.08. The maximum atomic E-state index is 11.1. The van der Waals surface area contributed by atoms with Crippen molar-refractivity contribution in [1.29, 1.82) is 0 Å². The lowest BCUT2D eigenvalue weighted by Gasteiger charge is -2.30. The van der Waals surface area contributed by atoms with Gasteiger partial charge in [0, 0.05) is 13.1 Å². The van der Waals surface area contributed by atoms with Crippen LogP contribution in [0.5, 0.6) is 5.75 Å². The van der Waals surface area contributed by atoms with Crippen LogP contribution in [0.25, 0.3) is 0 Å². The van der Waals surface area contributed by atoms with E-state index < -0.39 is 12.1 Å². The predicted molar refractivity (Wildman–Crippen MR) is 71.8 cm³/mol. The fourth-order valence-electron chi connectivity index (χ4n) is 2.08. The molecule has 2 rings (SSSR count). The lowest BCUT2D eigenvalue weighted by molar-refractivity contribution is -0.145. The Kier molecular flexibility index (Phi) is 4.63. The Bertz CT molecular complexity index is 429. The molecule has 0 radical (unpaired) electrons. The van der Waals surface area contributed by atoms with Crippen LogP contribution < -0.4 is 9.64 Å². The van der Waals surface area contributed by atoms with Crippen molar-refractivity contribution in [2.75, 3.05) is 31.2 Å². The maximum Gasteiger partial charge on any atom is 0.344 e. The smallest absolute Gasteiger partial charge is 0.344 e. The molecule has 0 saturated carbocycles. The van der Waals surface area contributed by atoms with Crippen molar-refractivity contribution >= 4 is 11.7 Å². The molecule has 0 aliphatic carbocycles.